The molecule has 0 aliphatic heterocycles. The number of ether oxygens (including phenoxy) is 2. The van der Waals surface area contributed by atoms with Crippen LogP contribution in [-0.2, 0) is 4.74 Å². The SMILES string of the molecule is CCOC(C(NN)c1ccc(Cl)c(OC)c1)C(C)(C)C. The molecule has 2 atom stereocenters. The van der Waals surface area contributed by atoms with E-state index in [-0.39, 0.29) is 17.6 Å². The Balaban J connectivity index is 3.16. The van der Waals surface area contributed by atoms with Gasteiger partial charge in [0.25, 0.3) is 0 Å². The van der Waals surface area contributed by atoms with E-state index in [9.17, 15) is 0 Å². The van der Waals surface area contributed by atoms with Crippen LogP contribution in [0, 0.1) is 5.41 Å². The Hall–Kier alpha value is -0.810. The summed E-state index contributed by atoms with van der Waals surface area (Å²) < 4.78 is 11.2. The molecule has 0 saturated carbocycles. The standard InChI is InChI=1S/C15H25ClN2O2/c1-6-20-14(15(2,3)4)13(18-17)10-7-8-11(16)12(9-10)19-5/h7-9,13-14,18H,6,17H2,1-5H3. The fourth-order valence-electron chi connectivity index (χ4n) is 2.25. The van der Waals surface area contributed by atoms with Crippen LogP contribution < -0.4 is 16.0 Å². The molecule has 0 amide bonds. The lowest BCUT2D eigenvalue weighted by molar-refractivity contribution is -0.0367. The lowest BCUT2D eigenvalue weighted by atomic mass is 9.82. The molecule has 114 valence electrons. The first kappa shape index (κ1) is 17.2. The molecule has 1 aromatic rings. The monoisotopic (exact) mass is 300 g/mol. The zero-order valence-corrected chi connectivity index (χ0v) is 13.6. The van der Waals surface area contributed by atoms with Crippen molar-refractivity contribution < 1.29 is 9.47 Å². The molecule has 3 N–H and O–H groups in total. The van der Waals surface area contributed by atoms with Gasteiger partial charge in [-0.3, -0.25) is 11.3 Å². The Morgan fingerprint density at radius 2 is 2.00 bits per heavy atom. The molecule has 0 saturated heterocycles. The topological polar surface area (TPSA) is 56.5 Å². The van der Waals surface area contributed by atoms with Crippen LogP contribution in [0.25, 0.3) is 0 Å². The predicted molar refractivity (Wildman–Crippen MR) is 82.9 cm³/mol. The van der Waals surface area contributed by atoms with Crippen molar-refractivity contribution in [2.45, 2.75) is 39.8 Å². The third-order valence-electron chi connectivity index (χ3n) is 3.22. The van der Waals surface area contributed by atoms with Crippen molar-refractivity contribution in [3.8, 4) is 5.75 Å². The molecule has 5 heteroatoms. The molecule has 20 heavy (non-hydrogen) atoms. The number of hydrogen-bond donors (Lipinski definition) is 2. The number of hydrazine groups is 1. The number of halogens is 1. The van der Waals surface area contributed by atoms with Crippen molar-refractivity contribution in [1.29, 1.82) is 0 Å². The average molecular weight is 301 g/mol. The van der Waals surface area contributed by atoms with Gasteiger partial charge in [-0.15, -0.1) is 0 Å². The third-order valence-corrected chi connectivity index (χ3v) is 3.53. The molecule has 0 aromatic heterocycles. The molecule has 0 radical (unpaired) electrons. The maximum absolute atomic E-state index is 6.07. The molecule has 0 aliphatic rings. The Labute approximate surface area is 126 Å². The van der Waals surface area contributed by atoms with Crippen LogP contribution in [0.15, 0.2) is 18.2 Å². The van der Waals surface area contributed by atoms with Gasteiger partial charge in [-0.1, -0.05) is 38.4 Å². The molecule has 0 bridgehead atoms. The Morgan fingerprint density at radius 1 is 1.35 bits per heavy atom. The van der Waals surface area contributed by atoms with Crippen molar-refractivity contribution in [2.75, 3.05) is 13.7 Å². The van der Waals surface area contributed by atoms with Crippen molar-refractivity contribution in [1.82, 2.24) is 5.43 Å². The highest BCUT2D eigenvalue weighted by atomic mass is 35.5. The molecule has 0 spiro atoms. The summed E-state index contributed by atoms with van der Waals surface area (Å²) in [6.07, 6.45) is -0.0663. The number of methoxy groups -OCH3 is 1. The summed E-state index contributed by atoms with van der Waals surface area (Å²) in [5.41, 5.74) is 3.79. The summed E-state index contributed by atoms with van der Waals surface area (Å²) >= 11 is 6.07. The quantitative estimate of drug-likeness (QED) is 0.625. The van der Waals surface area contributed by atoms with Gasteiger partial charge in [-0.05, 0) is 30.0 Å². The van der Waals surface area contributed by atoms with Gasteiger partial charge < -0.3 is 9.47 Å². The summed E-state index contributed by atoms with van der Waals surface area (Å²) in [6.45, 7) is 9.00. The second-order valence-corrected chi connectivity index (χ2v) is 6.19. The van der Waals surface area contributed by atoms with E-state index in [0.717, 1.165) is 5.56 Å². The number of hydrogen-bond acceptors (Lipinski definition) is 4. The minimum absolute atomic E-state index is 0.0556. The van der Waals surface area contributed by atoms with Crippen molar-refractivity contribution in [2.24, 2.45) is 11.3 Å². The summed E-state index contributed by atoms with van der Waals surface area (Å²) in [7, 11) is 1.60. The van der Waals surface area contributed by atoms with Gasteiger partial charge in [0.15, 0.2) is 0 Å². The van der Waals surface area contributed by atoms with E-state index >= 15 is 0 Å². The highest BCUT2D eigenvalue weighted by Crippen LogP contribution is 2.35. The normalized spacial score (nSPS) is 14.9. The fourth-order valence-corrected chi connectivity index (χ4v) is 2.45. The maximum Gasteiger partial charge on any atom is 0.137 e. The maximum atomic E-state index is 6.07. The van der Waals surface area contributed by atoms with E-state index in [1.165, 1.54) is 0 Å². The Kier molecular flexibility index (Phi) is 6.27. The van der Waals surface area contributed by atoms with Crippen molar-refractivity contribution in [3.63, 3.8) is 0 Å². The van der Waals surface area contributed by atoms with E-state index in [1.54, 1.807) is 7.11 Å². The van der Waals surface area contributed by atoms with Gasteiger partial charge in [0, 0.05) is 6.61 Å². The van der Waals surface area contributed by atoms with Gasteiger partial charge in [0.1, 0.15) is 5.75 Å². The summed E-state index contributed by atoms with van der Waals surface area (Å²) in [5, 5.41) is 0.579. The lowest BCUT2D eigenvalue weighted by Gasteiger charge is -2.36. The van der Waals surface area contributed by atoms with E-state index in [4.69, 9.17) is 26.9 Å². The second kappa shape index (κ2) is 7.27. The summed E-state index contributed by atoms with van der Waals surface area (Å²) in [4.78, 5) is 0. The Bertz CT molecular complexity index is 432. The van der Waals surface area contributed by atoms with Crippen LogP contribution in [0.2, 0.25) is 5.02 Å². The molecule has 0 heterocycles. The predicted octanol–water partition coefficient (Wildman–Crippen LogP) is 3.30. The zero-order valence-electron chi connectivity index (χ0n) is 12.9. The largest absolute Gasteiger partial charge is 0.495 e. The first-order chi connectivity index (χ1) is 9.35. The smallest absolute Gasteiger partial charge is 0.137 e. The van der Waals surface area contributed by atoms with Crippen LogP contribution >= 0.6 is 11.6 Å². The number of benzene rings is 1. The van der Waals surface area contributed by atoms with E-state index in [2.05, 4.69) is 26.2 Å². The van der Waals surface area contributed by atoms with E-state index in [0.29, 0.717) is 17.4 Å². The van der Waals surface area contributed by atoms with Crippen LogP contribution in [0.4, 0.5) is 0 Å². The summed E-state index contributed by atoms with van der Waals surface area (Å²) in [6, 6.07) is 5.50. The Morgan fingerprint density at radius 3 is 2.45 bits per heavy atom. The molecule has 4 nitrogen and oxygen atoms in total. The number of rotatable bonds is 6. The van der Waals surface area contributed by atoms with Gasteiger partial charge in [0.2, 0.25) is 0 Å². The highest BCUT2D eigenvalue weighted by Gasteiger charge is 2.33. The summed E-state index contributed by atoms with van der Waals surface area (Å²) in [5.74, 6) is 6.39. The molecule has 0 aliphatic carbocycles. The fraction of sp³-hybridized carbons (Fsp3) is 0.600. The van der Waals surface area contributed by atoms with Crippen LogP contribution in [0.1, 0.15) is 39.3 Å². The molecule has 1 rings (SSSR count). The first-order valence-electron chi connectivity index (χ1n) is 6.76. The van der Waals surface area contributed by atoms with E-state index in [1.807, 2.05) is 25.1 Å². The first-order valence-corrected chi connectivity index (χ1v) is 7.14. The minimum atomic E-state index is -0.138. The van der Waals surface area contributed by atoms with Gasteiger partial charge in [-0.25, -0.2) is 0 Å². The number of nitrogens with one attached hydrogen (secondary N) is 1. The molecular weight excluding hydrogens is 276 g/mol. The average Bonchev–Trinajstić information content (AvgIpc) is 2.39. The molecule has 1 aromatic carbocycles. The van der Waals surface area contributed by atoms with Crippen LogP contribution in [0.3, 0.4) is 0 Å². The van der Waals surface area contributed by atoms with Gasteiger partial charge >= 0.3 is 0 Å². The molecular formula is C15H25ClN2O2. The highest BCUT2D eigenvalue weighted by molar-refractivity contribution is 6.32. The van der Waals surface area contributed by atoms with Crippen molar-refractivity contribution >= 4 is 11.6 Å². The lowest BCUT2D eigenvalue weighted by Crippen LogP contribution is -2.44. The zero-order chi connectivity index (χ0) is 15.3. The van der Waals surface area contributed by atoms with Gasteiger partial charge in [-0.2, -0.15) is 0 Å². The van der Waals surface area contributed by atoms with Gasteiger partial charge in [0.05, 0.1) is 24.3 Å². The van der Waals surface area contributed by atoms with Crippen LogP contribution in [-0.4, -0.2) is 19.8 Å². The number of nitrogens with two attached hydrogens (primary N) is 1. The van der Waals surface area contributed by atoms with Crippen molar-refractivity contribution in [3.05, 3.63) is 28.8 Å². The third kappa shape index (κ3) is 4.09. The second-order valence-electron chi connectivity index (χ2n) is 5.78. The molecule has 2 unspecified atom stereocenters. The minimum Gasteiger partial charge on any atom is -0.495 e. The molecule has 0 fully saturated rings. The van der Waals surface area contributed by atoms with Crippen LogP contribution in [0.5, 0.6) is 5.75 Å². The van der Waals surface area contributed by atoms with E-state index < -0.39 is 0 Å².